The molecule has 0 spiro atoms. The first-order valence-electron chi connectivity index (χ1n) is 4.95. The Balaban J connectivity index is 2.24. The summed E-state index contributed by atoms with van der Waals surface area (Å²) in [7, 11) is 0. The summed E-state index contributed by atoms with van der Waals surface area (Å²) in [6.07, 6.45) is 1.71. The SMILES string of the molecule is O=C(O)c1cc(O)ccc1NC(=O)C1CC1. The number of carbonyl (C=O) groups excluding carboxylic acids is 1. The van der Waals surface area contributed by atoms with Crippen LogP contribution < -0.4 is 5.32 Å². The van der Waals surface area contributed by atoms with Gasteiger partial charge in [-0.25, -0.2) is 4.79 Å². The summed E-state index contributed by atoms with van der Waals surface area (Å²) in [5.74, 6) is -1.47. The first-order chi connectivity index (χ1) is 7.58. The van der Waals surface area contributed by atoms with E-state index in [2.05, 4.69) is 5.32 Å². The molecule has 84 valence electrons. The molecule has 1 aromatic carbocycles. The van der Waals surface area contributed by atoms with E-state index < -0.39 is 5.97 Å². The molecule has 1 aliphatic rings. The van der Waals surface area contributed by atoms with E-state index in [1.165, 1.54) is 12.1 Å². The molecule has 1 saturated carbocycles. The molecule has 1 amide bonds. The highest BCUT2D eigenvalue weighted by atomic mass is 16.4. The van der Waals surface area contributed by atoms with E-state index >= 15 is 0 Å². The number of rotatable bonds is 3. The predicted octanol–water partition coefficient (Wildman–Crippen LogP) is 1.44. The van der Waals surface area contributed by atoms with E-state index in [4.69, 9.17) is 10.2 Å². The Kier molecular flexibility index (Phi) is 2.52. The average Bonchev–Trinajstić information content (AvgIpc) is 3.03. The molecule has 0 bridgehead atoms. The highest BCUT2D eigenvalue weighted by molar-refractivity contribution is 6.02. The molecule has 0 unspecified atom stereocenters. The van der Waals surface area contributed by atoms with Gasteiger partial charge in [-0.05, 0) is 31.0 Å². The van der Waals surface area contributed by atoms with Crippen molar-refractivity contribution in [2.75, 3.05) is 5.32 Å². The zero-order chi connectivity index (χ0) is 11.7. The number of anilines is 1. The van der Waals surface area contributed by atoms with Crippen molar-refractivity contribution in [2.24, 2.45) is 5.92 Å². The fourth-order valence-corrected chi connectivity index (χ4v) is 1.40. The van der Waals surface area contributed by atoms with Crippen LogP contribution in [0.1, 0.15) is 23.2 Å². The van der Waals surface area contributed by atoms with Gasteiger partial charge in [-0.1, -0.05) is 0 Å². The number of nitrogens with one attached hydrogen (secondary N) is 1. The summed E-state index contributed by atoms with van der Waals surface area (Å²) in [4.78, 5) is 22.3. The number of hydrogen-bond donors (Lipinski definition) is 3. The fourth-order valence-electron chi connectivity index (χ4n) is 1.40. The largest absolute Gasteiger partial charge is 0.508 e. The minimum Gasteiger partial charge on any atom is -0.508 e. The second-order valence-electron chi connectivity index (χ2n) is 3.80. The zero-order valence-electron chi connectivity index (χ0n) is 8.43. The average molecular weight is 221 g/mol. The van der Waals surface area contributed by atoms with Crippen LogP contribution in [0, 0.1) is 5.92 Å². The topological polar surface area (TPSA) is 86.6 Å². The maximum absolute atomic E-state index is 11.5. The van der Waals surface area contributed by atoms with Crippen molar-refractivity contribution in [2.45, 2.75) is 12.8 Å². The molecule has 0 saturated heterocycles. The predicted molar refractivity (Wildman–Crippen MR) is 56.4 cm³/mol. The molecule has 2 rings (SSSR count). The fraction of sp³-hybridized carbons (Fsp3) is 0.273. The number of hydrogen-bond acceptors (Lipinski definition) is 3. The Labute approximate surface area is 91.7 Å². The second-order valence-corrected chi connectivity index (χ2v) is 3.80. The Hall–Kier alpha value is -2.04. The summed E-state index contributed by atoms with van der Waals surface area (Å²) in [5.41, 5.74) is 0.121. The second kappa shape index (κ2) is 3.84. The van der Waals surface area contributed by atoms with Crippen LogP contribution in [0.3, 0.4) is 0 Å². The number of aromatic hydroxyl groups is 1. The first-order valence-corrected chi connectivity index (χ1v) is 4.95. The molecule has 5 heteroatoms. The van der Waals surface area contributed by atoms with Crippen molar-refractivity contribution >= 4 is 17.6 Å². The number of carbonyl (C=O) groups is 2. The van der Waals surface area contributed by atoms with Gasteiger partial charge in [0.1, 0.15) is 5.75 Å². The molecule has 1 fully saturated rings. The summed E-state index contributed by atoms with van der Waals surface area (Å²) in [6, 6.07) is 3.85. The van der Waals surface area contributed by atoms with Gasteiger partial charge in [0.2, 0.25) is 5.91 Å². The van der Waals surface area contributed by atoms with Crippen molar-refractivity contribution in [3.05, 3.63) is 23.8 Å². The Morgan fingerprint density at radius 3 is 2.56 bits per heavy atom. The number of carboxylic acid groups (broad SMARTS) is 1. The smallest absolute Gasteiger partial charge is 0.337 e. The van der Waals surface area contributed by atoms with E-state index in [1.54, 1.807) is 0 Å². The standard InChI is InChI=1S/C11H11NO4/c13-7-3-4-9(8(5-7)11(15)16)12-10(14)6-1-2-6/h3-6,13H,1-2H2,(H,12,14)(H,15,16). The summed E-state index contributed by atoms with van der Waals surface area (Å²) in [5, 5.41) is 20.6. The molecule has 0 heterocycles. The number of carboxylic acids is 1. The van der Waals surface area contributed by atoms with Gasteiger partial charge in [-0.2, -0.15) is 0 Å². The van der Waals surface area contributed by atoms with Gasteiger partial charge in [-0.3, -0.25) is 4.79 Å². The number of phenols is 1. The number of phenolic OH excluding ortho intramolecular Hbond substituents is 1. The normalized spacial score (nSPS) is 14.5. The lowest BCUT2D eigenvalue weighted by atomic mass is 10.1. The van der Waals surface area contributed by atoms with Gasteiger partial charge >= 0.3 is 5.97 Å². The van der Waals surface area contributed by atoms with Crippen LogP contribution >= 0.6 is 0 Å². The molecule has 1 aromatic rings. The van der Waals surface area contributed by atoms with Crippen molar-refractivity contribution in [3.63, 3.8) is 0 Å². The molecule has 0 aliphatic heterocycles. The minimum absolute atomic E-state index is 0.00967. The molecule has 0 radical (unpaired) electrons. The van der Waals surface area contributed by atoms with Crippen molar-refractivity contribution < 1.29 is 19.8 Å². The minimum atomic E-state index is -1.18. The van der Waals surface area contributed by atoms with Crippen molar-refractivity contribution in [1.82, 2.24) is 0 Å². The zero-order valence-corrected chi connectivity index (χ0v) is 8.43. The van der Waals surface area contributed by atoms with Gasteiger partial charge in [-0.15, -0.1) is 0 Å². The molecular formula is C11H11NO4. The third kappa shape index (κ3) is 2.13. The van der Waals surface area contributed by atoms with E-state index in [-0.39, 0.29) is 28.8 Å². The maximum atomic E-state index is 11.5. The molecule has 5 nitrogen and oxygen atoms in total. The third-order valence-corrected chi connectivity index (χ3v) is 2.44. The van der Waals surface area contributed by atoms with Crippen LogP contribution in [-0.4, -0.2) is 22.1 Å². The van der Waals surface area contributed by atoms with E-state index in [0.717, 1.165) is 18.9 Å². The van der Waals surface area contributed by atoms with E-state index in [1.807, 2.05) is 0 Å². The third-order valence-electron chi connectivity index (χ3n) is 2.44. The number of benzene rings is 1. The summed E-state index contributed by atoms with van der Waals surface area (Å²) >= 11 is 0. The van der Waals surface area contributed by atoms with Gasteiger partial charge < -0.3 is 15.5 Å². The van der Waals surface area contributed by atoms with Crippen LogP contribution in [-0.2, 0) is 4.79 Å². The van der Waals surface area contributed by atoms with E-state index in [9.17, 15) is 9.59 Å². The summed E-state index contributed by atoms with van der Waals surface area (Å²) in [6.45, 7) is 0. The highest BCUT2D eigenvalue weighted by Crippen LogP contribution is 2.31. The van der Waals surface area contributed by atoms with E-state index in [0.29, 0.717) is 0 Å². The maximum Gasteiger partial charge on any atom is 0.337 e. The van der Waals surface area contributed by atoms with Gasteiger partial charge in [0, 0.05) is 5.92 Å². The lowest BCUT2D eigenvalue weighted by Crippen LogP contribution is -2.15. The number of amides is 1. The Morgan fingerprint density at radius 1 is 1.31 bits per heavy atom. The first kappa shape index (κ1) is 10.5. The van der Waals surface area contributed by atoms with Crippen molar-refractivity contribution in [3.8, 4) is 5.75 Å². The van der Waals surface area contributed by atoms with Gasteiger partial charge in [0.05, 0.1) is 11.3 Å². The highest BCUT2D eigenvalue weighted by Gasteiger charge is 2.30. The number of aromatic carboxylic acids is 1. The van der Waals surface area contributed by atoms with Crippen LogP contribution in [0.5, 0.6) is 5.75 Å². The lowest BCUT2D eigenvalue weighted by molar-refractivity contribution is -0.117. The Morgan fingerprint density at radius 2 is 2.00 bits per heavy atom. The quantitative estimate of drug-likeness (QED) is 0.674. The lowest BCUT2D eigenvalue weighted by Gasteiger charge is -2.08. The van der Waals surface area contributed by atoms with Crippen LogP contribution in [0.2, 0.25) is 0 Å². The molecular weight excluding hydrogens is 210 g/mol. The Bertz CT molecular complexity index is 451. The molecule has 16 heavy (non-hydrogen) atoms. The van der Waals surface area contributed by atoms with Crippen LogP contribution in [0.25, 0.3) is 0 Å². The summed E-state index contributed by atoms with van der Waals surface area (Å²) < 4.78 is 0. The monoisotopic (exact) mass is 221 g/mol. The molecule has 0 aromatic heterocycles. The van der Waals surface area contributed by atoms with Crippen LogP contribution in [0.15, 0.2) is 18.2 Å². The van der Waals surface area contributed by atoms with Gasteiger partial charge in [0.15, 0.2) is 0 Å². The van der Waals surface area contributed by atoms with Gasteiger partial charge in [0.25, 0.3) is 0 Å². The molecule has 1 aliphatic carbocycles. The molecule has 3 N–H and O–H groups in total. The van der Waals surface area contributed by atoms with Crippen molar-refractivity contribution in [1.29, 1.82) is 0 Å². The van der Waals surface area contributed by atoms with Crippen LogP contribution in [0.4, 0.5) is 5.69 Å². The molecule has 0 atom stereocenters.